The zero-order valence-electron chi connectivity index (χ0n) is 23.8. The van der Waals surface area contributed by atoms with Gasteiger partial charge in [0.2, 0.25) is 11.8 Å². The van der Waals surface area contributed by atoms with Crippen LogP contribution in [0, 0.1) is 6.92 Å². The Balaban J connectivity index is 1.75. The lowest BCUT2D eigenvalue weighted by Gasteiger charge is -2.34. The molecule has 40 heavy (non-hydrogen) atoms. The first-order chi connectivity index (χ1) is 19.5. The van der Waals surface area contributed by atoms with Crippen LogP contribution in [0.4, 0.5) is 0 Å². The summed E-state index contributed by atoms with van der Waals surface area (Å²) in [5, 5.41) is 3.17. The molecule has 0 aliphatic carbocycles. The lowest BCUT2D eigenvalue weighted by molar-refractivity contribution is -0.141. The minimum absolute atomic E-state index is 0.0163. The Morgan fingerprint density at radius 1 is 0.750 bits per heavy atom. The standard InChI is InChI=1S/C36H40N2O2/c1-4-28(3)37-36(40)34(24-29-17-8-5-9-18-29)38(26-32-23-15-14-16-27(32)2)35(39)25-33(30-19-10-6-11-20-30)31-21-12-7-13-22-31/h5-23,28,33-34H,4,24-26H2,1-3H3,(H,37,40)/t28-,34+/m1/s1. The van der Waals surface area contributed by atoms with Gasteiger partial charge >= 0.3 is 0 Å². The Hall–Kier alpha value is -4.18. The van der Waals surface area contributed by atoms with E-state index in [4.69, 9.17) is 0 Å². The van der Waals surface area contributed by atoms with E-state index in [2.05, 4.69) is 49.5 Å². The maximum Gasteiger partial charge on any atom is 0.243 e. The van der Waals surface area contributed by atoms with E-state index in [0.717, 1.165) is 34.2 Å². The van der Waals surface area contributed by atoms with Crippen molar-refractivity contribution in [2.24, 2.45) is 0 Å². The summed E-state index contributed by atoms with van der Waals surface area (Å²) in [6.45, 7) is 6.48. The molecule has 0 bridgehead atoms. The summed E-state index contributed by atoms with van der Waals surface area (Å²) in [7, 11) is 0. The predicted octanol–water partition coefficient (Wildman–Crippen LogP) is 7.07. The molecule has 0 fully saturated rings. The van der Waals surface area contributed by atoms with Crippen LogP contribution in [-0.2, 0) is 22.6 Å². The third kappa shape index (κ3) is 7.69. The molecule has 0 spiro atoms. The van der Waals surface area contributed by atoms with Gasteiger partial charge in [0.15, 0.2) is 0 Å². The van der Waals surface area contributed by atoms with Crippen LogP contribution in [0.25, 0.3) is 0 Å². The third-order valence-corrected chi connectivity index (χ3v) is 7.66. The molecule has 0 heterocycles. The highest BCUT2D eigenvalue weighted by Crippen LogP contribution is 2.30. The lowest BCUT2D eigenvalue weighted by Crippen LogP contribution is -2.52. The topological polar surface area (TPSA) is 49.4 Å². The van der Waals surface area contributed by atoms with Gasteiger partial charge in [-0.25, -0.2) is 0 Å². The van der Waals surface area contributed by atoms with Gasteiger partial charge in [-0.1, -0.05) is 122 Å². The van der Waals surface area contributed by atoms with E-state index in [1.165, 1.54) is 0 Å². The van der Waals surface area contributed by atoms with Gasteiger partial charge < -0.3 is 10.2 Å². The highest BCUT2D eigenvalue weighted by molar-refractivity contribution is 5.88. The number of rotatable bonds is 12. The van der Waals surface area contributed by atoms with Crippen LogP contribution in [0.2, 0.25) is 0 Å². The molecular weight excluding hydrogens is 492 g/mol. The number of hydrogen-bond acceptors (Lipinski definition) is 2. The summed E-state index contributed by atoms with van der Waals surface area (Å²) in [6.07, 6.45) is 1.53. The quantitative estimate of drug-likeness (QED) is 0.212. The van der Waals surface area contributed by atoms with Crippen molar-refractivity contribution in [2.75, 3.05) is 0 Å². The first kappa shape index (κ1) is 28.8. The van der Waals surface area contributed by atoms with Crippen LogP contribution in [0.1, 0.15) is 60.4 Å². The summed E-state index contributed by atoms with van der Waals surface area (Å²) in [4.78, 5) is 30.1. The van der Waals surface area contributed by atoms with Crippen molar-refractivity contribution < 1.29 is 9.59 Å². The minimum Gasteiger partial charge on any atom is -0.352 e. The molecule has 4 aromatic rings. The highest BCUT2D eigenvalue weighted by atomic mass is 16.2. The molecular formula is C36H40N2O2. The van der Waals surface area contributed by atoms with Gasteiger partial charge in [-0.15, -0.1) is 0 Å². The number of benzene rings is 4. The van der Waals surface area contributed by atoms with Gasteiger partial charge in [-0.2, -0.15) is 0 Å². The Morgan fingerprint density at radius 2 is 1.27 bits per heavy atom. The zero-order chi connectivity index (χ0) is 28.3. The Kier molecular flexibility index (Phi) is 10.3. The second-order valence-corrected chi connectivity index (χ2v) is 10.5. The van der Waals surface area contributed by atoms with Gasteiger partial charge in [-0.3, -0.25) is 9.59 Å². The Labute approximate surface area is 239 Å². The fraction of sp³-hybridized carbons (Fsp3) is 0.278. The number of nitrogens with one attached hydrogen (secondary N) is 1. The average molecular weight is 533 g/mol. The summed E-state index contributed by atoms with van der Waals surface area (Å²) in [5.74, 6) is -0.276. The largest absolute Gasteiger partial charge is 0.352 e. The van der Waals surface area contributed by atoms with E-state index in [0.29, 0.717) is 13.0 Å². The van der Waals surface area contributed by atoms with E-state index in [1.807, 2.05) is 96.8 Å². The molecule has 0 saturated carbocycles. The smallest absolute Gasteiger partial charge is 0.243 e. The number of amides is 2. The average Bonchev–Trinajstić information content (AvgIpc) is 2.99. The van der Waals surface area contributed by atoms with Crippen LogP contribution >= 0.6 is 0 Å². The van der Waals surface area contributed by atoms with E-state index < -0.39 is 6.04 Å². The predicted molar refractivity (Wildman–Crippen MR) is 163 cm³/mol. The SMILES string of the molecule is CC[C@@H](C)NC(=O)[C@H](Cc1ccccc1)N(Cc1ccccc1C)C(=O)CC(c1ccccc1)c1ccccc1. The maximum atomic E-state index is 14.5. The Morgan fingerprint density at radius 3 is 1.82 bits per heavy atom. The molecule has 1 N–H and O–H groups in total. The first-order valence-electron chi connectivity index (χ1n) is 14.2. The number of nitrogens with zero attached hydrogens (tertiary/aromatic N) is 1. The van der Waals surface area contributed by atoms with Crippen molar-refractivity contribution in [3.8, 4) is 0 Å². The molecule has 2 amide bonds. The molecule has 4 nitrogen and oxygen atoms in total. The molecule has 2 atom stereocenters. The van der Waals surface area contributed by atoms with Gasteiger partial charge in [0.25, 0.3) is 0 Å². The third-order valence-electron chi connectivity index (χ3n) is 7.66. The maximum absolute atomic E-state index is 14.5. The molecule has 0 radical (unpaired) electrons. The van der Waals surface area contributed by atoms with Crippen molar-refractivity contribution in [1.29, 1.82) is 0 Å². The molecule has 0 aliphatic rings. The van der Waals surface area contributed by atoms with Crippen LogP contribution in [0.15, 0.2) is 115 Å². The van der Waals surface area contributed by atoms with Crippen LogP contribution in [0.3, 0.4) is 0 Å². The summed E-state index contributed by atoms with van der Waals surface area (Å²) in [6, 6.07) is 37.8. The highest BCUT2D eigenvalue weighted by Gasteiger charge is 2.33. The zero-order valence-corrected chi connectivity index (χ0v) is 23.8. The number of carbonyl (C=O) groups is 2. The fourth-order valence-electron chi connectivity index (χ4n) is 5.06. The molecule has 0 aliphatic heterocycles. The molecule has 0 aromatic heterocycles. The van der Waals surface area contributed by atoms with E-state index in [-0.39, 0.29) is 30.2 Å². The molecule has 4 aromatic carbocycles. The van der Waals surface area contributed by atoms with Gasteiger partial charge in [0.1, 0.15) is 6.04 Å². The number of hydrogen-bond donors (Lipinski definition) is 1. The van der Waals surface area contributed by atoms with Crippen molar-refractivity contribution in [3.05, 3.63) is 143 Å². The molecule has 4 heteroatoms. The van der Waals surface area contributed by atoms with Gasteiger partial charge in [-0.05, 0) is 48.1 Å². The van der Waals surface area contributed by atoms with E-state index in [9.17, 15) is 9.59 Å². The molecule has 0 unspecified atom stereocenters. The van der Waals surface area contributed by atoms with Gasteiger partial charge in [0.05, 0.1) is 0 Å². The Bertz CT molecular complexity index is 1320. The molecule has 4 rings (SSSR count). The van der Waals surface area contributed by atoms with Crippen molar-refractivity contribution in [1.82, 2.24) is 10.2 Å². The van der Waals surface area contributed by atoms with Crippen LogP contribution < -0.4 is 5.32 Å². The first-order valence-corrected chi connectivity index (χ1v) is 14.2. The molecule has 0 saturated heterocycles. The number of carbonyl (C=O) groups excluding carboxylic acids is 2. The summed E-state index contributed by atoms with van der Waals surface area (Å²) < 4.78 is 0. The monoisotopic (exact) mass is 532 g/mol. The van der Waals surface area contributed by atoms with Crippen LogP contribution in [0.5, 0.6) is 0 Å². The summed E-state index contributed by atoms with van der Waals surface area (Å²) >= 11 is 0. The van der Waals surface area contributed by atoms with Crippen molar-refractivity contribution in [3.63, 3.8) is 0 Å². The molecule has 206 valence electrons. The minimum atomic E-state index is -0.643. The second-order valence-electron chi connectivity index (χ2n) is 10.5. The lowest BCUT2D eigenvalue weighted by atomic mass is 9.87. The van der Waals surface area contributed by atoms with E-state index >= 15 is 0 Å². The normalized spacial score (nSPS) is 12.5. The van der Waals surface area contributed by atoms with Crippen molar-refractivity contribution >= 4 is 11.8 Å². The fourth-order valence-corrected chi connectivity index (χ4v) is 5.06. The van der Waals surface area contributed by atoms with Crippen molar-refractivity contribution in [2.45, 2.75) is 64.6 Å². The second kappa shape index (κ2) is 14.3. The van der Waals surface area contributed by atoms with Gasteiger partial charge in [0, 0.05) is 31.3 Å². The van der Waals surface area contributed by atoms with Crippen LogP contribution in [-0.4, -0.2) is 28.8 Å². The number of aryl methyl sites for hydroxylation is 1. The van der Waals surface area contributed by atoms with E-state index in [1.54, 1.807) is 0 Å². The summed E-state index contributed by atoms with van der Waals surface area (Å²) in [5.41, 5.74) is 5.34.